The molecule has 0 aromatic heterocycles. The van der Waals surface area contributed by atoms with Crippen LogP contribution in [0.2, 0.25) is 0 Å². The van der Waals surface area contributed by atoms with Gasteiger partial charge in [0, 0.05) is 24.7 Å². The summed E-state index contributed by atoms with van der Waals surface area (Å²) in [5, 5.41) is 13.5. The van der Waals surface area contributed by atoms with Gasteiger partial charge in [0.05, 0.1) is 17.7 Å². The first kappa shape index (κ1) is 13.8. The van der Waals surface area contributed by atoms with Crippen molar-refractivity contribution < 1.29 is 14.1 Å². The van der Waals surface area contributed by atoms with E-state index in [2.05, 4.69) is 5.32 Å². The van der Waals surface area contributed by atoms with Gasteiger partial charge >= 0.3 is 0 Å². The summed E-state index contributed by atoms with van der Waals surface area (Å²) in [4.78, 5) is 10.1. The van der Waals surface area contributed by atoms with E-state index in [0.29, 0.717) is 18.0 Å². The lowest BCUT2D eigenvalue weighted by atomic mass is 10.2. The lowest BCUT2D eigenvalue weighted by Crippen LogP contribution is -2.02. The van der Waals surface area contributed by atoms with E-state index >= 15 is 0 Å². The van der Waals surface area contributed by atoms with Crippen molar-refractivity contribution in [2.75, 3.05) is 12.4 Å². The van der Waals surface area contributed by atoms with Gasteiger partial charge in [-0.15, -0.1) is 0 Å². The van der Waals surface area contributed by atoms with E-state index in [1.165, 1.54) is 31.4 Å². The first-order chi connectivity index (χ1) is 9.60. The molecule has 0 fully saturated rings. The molecule has 0 saturated carbocycles. The zero-order valence-corrected chi connectivity index (χ0v) is 10.8. The molecule has 2 aromatic carbocycles. The van der Waals surface area contributed by atoms with E-state index in [4.69, 9.17) is 4.74 Å². The van der Waals surface area contributed by atoms with Crippen molar-refractivity contribution in [1.29, 1.82) is 0 Å². The Morgan fingerprint density at radius 2 is 1.95 bits per heavy atom. The van der Waals surface area contributed by atoms with E-state index in [1.54, 1.807) is 18.2 Å². The van der Waals surface area contributed by atoms with Crippen molar-refractivity contribution in [2.24, 2.45) is 0 Å². The Balaban J connectivity index is 2.06. The summed E-state index contributed by atoms with van der Waals surface area (Å²) in [5.74, 6) is 0.172. The topological polar surface area (TPSA) is 64.4 Å². The number of ether oxygens (including phenoxy) is 1. The summed E-state index contributed by atoms with van der Waals surface area (Å²) >= 11 is 0. The summed E-state index contributed by atoms with van der Waals surface area (Å²) in [7, 11) is 1.51. The van der Waals surface area contributed by atoms with Crippen molar-refractivity contribution in [3.63, 3.8) is 0 Å². The van der Waals surface area contributed by atoms with Gasteiger partial charge in [0.25, 0.3) is 5.69 Å². The molecule has 0 unspecified atom stereocenters. The van der Waals surface area contributed by atoms with E-state index < -0.39 is 4.92 Å². The maximum atomic E-state index is 13.6. The SMILES string of the molecule is COc1ccc(F)c(NCc2ccc([N+](=O)[O-])cc2)c1. The number of halogens is 1. The fourth-order valence-electron chi connectivity index (χ4n) is 1.70. The number of nitrogens with one attached hydrogen (secondary N) is 1. The van der Waals surface area contributed by atoms with E-state index in [-0.39, 0.29) is 11.5 Å². The second-order valence-electron chi connectivity index (χ2n) is 4.12. The van der Waals surface area contributed by atoms with Crippen molar-refractivity contribution >= 4 is 11.4 Å². The molecule has 6 heteroatoms. The van der Waals surface area contributed by atoms with E-state index in [9.17, 15) is 14.5 Å². The van der Waals surface area contributed by atoms with Crippen LogP contribution < -0.4 is 10.1 Å². The van der Waals surface area contributed by atoms with Crippen LogP contribution in [-0.4, -0.2) is 12.0 Å². The minimum absolute atomic E-state index is 0.0290. The van der Waals surface area contributed by atoms with Crippen molar-refractivity contribution in [3.8, 4) is 5.75 Å². The van der Waals surface area contributed by atoms with Crippen LogP contribution >= 0.6 is 0 Å². The zero-order valence-electron chi connectivity index (χ0n) is 10.8. The first-order valence-corrected chi connectivity index (χ1v) is 5.91. The number of hydrogen-bond acceptors (Lipinski definition) is 4. The van der Waals surface area contributed by atoms with Gasteiger partial charge in [-0.3, -0.25) is 10.1 Å². The van der Waals surface area contributed by atoms with Gasteiger partial charge in [0.15, 0.2) is 0 Å². The normalized spacial score (nSPS) is 10.1. The molecule has 0 atom stereocenters. The highest BCUT2D eigenvalue weighted by atomic mass is 19.1. The predicted molar refractivity (Wildman–Crippen MR) is 73.4 cm³/mol. The third-order valence-electron chi connectivity index (χ3n) is 2.80. The van der Waals surface area contributed by atoms with Crippen molar-refractivity contribution in [2.45, 2.75) is 6.54 Å². The number of nitro groups is 1. The molecule has 104 valence electrons. The molecule has 1 N–H and O–H groups in total. The van der Waals surface area contributed by atoms with Gasteiger partial charge < -0.3 is 10.1 Å². The highest BCUT2D eigenvalue weighted by molar-refractivity contribution is 5.50. The third kappa shape index (κ3) is 3.23. The second kappa shape index (κ2) is 6.01. The number of nitro benzene ring substituents is 1. The molecule has 0 aliphatic carbocycles. The van der Waals surface area contributed by atoms with Gasteiger partial charge in [0.1, 0.15) is 11.6 Å². The number of rotatable bonds is 5. The molecule has 0 radical (unpaired) electrons. The molecule has 0 bridgehead atoms. The van der Waals surface area contributed by atoms with Crippen LogP contribution in [0.3, 0.4) is 0 Å². The Morgan fingerprint density at radius 3 is 2.55 bits per heavy atom. The van der Waals surface area contributed by atoms with Gasteiger partial charge in [0.2, 0.25) is 0 Å². The van der Waals surface area contributed by atoms with Crippen molar-refractivity contribution in [3.05, 3.63) is 64.0 Å². The molecule has 0 saturated heterocycles. The molecule has 0 heterocycles. The lowest BCUT2D eigenvalue weighted by Gasteiger charge is -2.09. The summed E-state index contributed by atoms with van der Waals surface area (Å²) in [6.07, 6.45) is 0. The van der Waals surface area contributed by atoms with Crippen LogP contribution in [0.4, 0.5) is 15.8 Å². The molecule has 2 aromatic rings. The molecule has 0 aliphatic heterocycles. The minimum atomic E-state index is -0.459. The maximum Gasteiger partial charge on any atom is 0.269 e. The molecule has 0 spiro atoms. The van der Waals surface area contributed by atoms with Crippen LogP contribution in [-0.2, 0) is 6.54 Å². The molecule has 2 rings (SSSR count). The number of benzene rings is 2. The summed E-state index contributed by atoms with van der Waals surface area (Å²) in [6.45, 7) is 0.363. The zero-order chi connectivity index (χ0) is 14.5. The molecule has 20 heavy (non-hydrogen) atoms. The number of non-ortho nitro benzene ring substituents is 1. The van der Waals surface area contributed by atoms with Crippen LogP contribution in [0, 0.1) is 15.9 Å². The monoisotopic (exact) mass is 276 g/mol. The van der Waals surface area contributed by atoms with Gasteiger partial charge in [-0.25, -0.2) is 4.39 Å². The maximum absolute atomic E-state index is 13.6. The smallest absolute Gasteiger partial charge is 0.269 e. The molecular weight excluding hydrogens is 263 g/mol. The Bertz CT molecular complexity index is 614. The second-order valence-corrected chi connectivity index (χ2v) is 4.12. The van der Waals surface area contributed by atoms with Crippen LogP contribution in [0.25, 0.3) is 0 Å². The van der Waals surface area contributed by atoms with Crippen LogP contribution in [0.15, 0.2) is 42.5 Å². The standard InChI is InChI=1S/C14H13FN2O3/c1-20-12-6-7-13(15)14(8-12)16-9-10-2-4-11(5-3-10)17(18)19/h2-8,16H,9H2,1H3. The fourth-order valence-corrected chi connectivity index (χ4v) is 1.70. The van der Waals surface area contributed by atoms with Gasteiger partial charge in [-0.05, 0) is 17.7 Å². The van der Waals surface area contributed by atoms with Crippen LogP contribution in [0.5, 0.6) is 5.75 Å². The number of methoxy groups -OCH3 is 1. The predicted octanol–water partition coefficient (Wildman–Crippen LogP) is 3.35. The van der Waals surface area contributed by atoms with Gasteiger partial charge in [-0.2, -0.15) is 0 Å². The third-order valence-corrected chi connectivity index (χ3v) is 2.80. The van der Waals surface area contributed by atoms with E-state index in [0.717, 1.165) is 5.56 Å². The first-order valence-electron chi connectivity index (χ1n) is 5.91. The number of hydrogen-bond donors (Lipinski definition) is 1. The largest absolute Gasteiger partial charge is 0.497 e. The van der Waals surface area contributed by atoms with Gasteiger partial charge in [-0.1, -0.05) is 12.1 Å². The Hall–Kier alpha value is -2.63. The number of anilines is 1. The lowest BCUT2D eigenvalue weighted by molar-refractivity contribution is -0.384. The number of nitrogens with zero attached hydrogens (tertiary/aromatic N) is 1. The summed E-state index contributed by atoms with van der Waals surface area (Å²) in [5.41, 5.74) is 1.17. The minimum Gasteiger partial charge on any atom is -0.497 e. The average molecular weight is 276 g/mol. The average Bonchev–Trinajstić information content (AvgIpc) is 2.47. The molecule has 0 amide bonds. The summed E-state index contributed by atoms with van der Waals surface area (Å²) < 4.78 is 18.6. The Labute approximate surface area is 115 Å². The molecule has 0 aliphatic rings. The van der Waals surface area contributed by atoms with E-state index in [1.807, 2.05) is 0 Å². The Kier molecular flexibility index (Phi) is 4.14. The van der Waals surface area contributed by atoms with Crippen molar-refractivity contribution in [1.82, 2.24) is 0 Å². The highest BCUT2D eigenvalue weighted by Crippen LogP contribution is 2.22. The van der Waals surface area contributed by atoms with Crippen LogP contribution in [0.1, 0.15) is 5.56 Å². The molecular formula is C14H13FN2O3. The highest BCUT2D eigenvalue weighted by Gasteiger charge is 2.06. The quantitative estimate of drug-likeness (QED) is 0.671. The molecule has 5 nitrogen and oxygen atoms in total. The summed E-state index contributed by atoms with van der Waals surface area (Å²) in [6, 6.07) is 10.5. The fraction of sp³-hybridized carbons (Fsp3) is 0.143. The Morgan fingerprint density at radius 1 is 1.25 bits per heavy atom.